The monoisotopic (exact) mass is 1160 g/mol. The zero-order valence-corrected chi connectivity index (χ0v) is 55.7. The van der Waals surface area contributed by atoms with E-state index in [-0.39, 0.29) is 31.1 Å². The van der Waals surface area contributed by atoms with Gasteiger partial charge in [0.05, 0.1) is 0 Å². The molecule has 0 bridgehead atoms. The van der Waals surface area contributed by atoms with Gasteiger partial charge in [-0.1, -0.05) is 370 Å². The van der Waals surface area contributed by atoms with Crippen molar-refractivity contribution in [1.82, 2.24) is 0 Å². The van der Waals surface area contributed by atoms with Gasteiger partial charge in [-0.25, -0.2) is 0 Å². The predicted octanol–water partition coefficient (Wildman–Crippen LogP) is 25.5. The Hall–Kier alpha value is -2.89. The van der Waals surface area contributed by atoms with E-state index in [1.807, 2.05) is 0 Å². The fourth-order valence-electron chi connectivity index (χ4n) is 11.1. The average molecular weight is 1160 g/mol. The maximum atomic E-state index is 13.0. The highest BCUT2D eigenvalue weighted by molar-refractivity contribution is 5.71. The third-order valence-electron chi connectivity index (χ3n) is 16.5. The molecule has 0 aliphatic heterocycles. The molecular formula is C77H140O6. The molecule has 0 heterocycles. The third-order valence-corrected chi connectivity index (χ3v) is 16.5. The largest absolute Gasteiger partial charge is 0.462 e. The van der Waals surface area contributed by atoms with Crippen LogP contribution < -0.4 is 0 Å². The molecule has 0 saturated heterocycles. The van der Waals surface area contributed by atoms with Crippen molar-refractivity contribution in [1.29, 1.82) is 0 Å². The van der Waals surface area contributed by atoms with Crippen molar-refractivity contribution < 1.29 is 28.6 Å². The van der Waals surface area contributed by atoms with Gasteiger partial charge >= 0.3 is 17.9 Å². The van der Waals surface area contributed by atoms with Crippen molar-refractivity contribution in [2.24, 2.45) is 0 Å². The average Bonchev–Trinajstić information content (AvgIpc) is 3.49. The highest BCUT2D eigenvalue weighted by atomic mass is 16.6. The molecule has 0 aliphatic rings. The van der Waals surface area contributed by atoms with E-state index in [0.29, 0.717) is 19.3 Å². The maximum absolute atomic E-state index is 13.0. The lowest BCUT2D eigenvalue weighted by molar-refractivity contribution is -0.167. The number of esters is 3. The molecule has 1 unspecified atom stereocenters. The first-order valence-electron chi connectivity index (χ1n) is 36.8. The quantitative estimate of drug-likeness (QED) is 0.0261. The van der Waals surface area contributed by atoms with Crippen LogP contribution in [-0.2, 0) is 28.6 Å². The van der Waals surface area contributed by atoms with Crippen molar-refractivity contribution in [3.63, 3.8) is 0 Å². The second-order valence-corrected chi connectivity index (χ2v) is 24.8. The van der Waals surface area contributed by atoms with Crippen LogP contribution in [0.5, 0.6) is 0 Å². The molecule has 0 saturated carbocycles. The molecule has 6 nitrogen and oxygen atoms in total. The molecule has 0 radical (unpaired) electrons. The number of hydrogen-bond donors (Lipinski definition) is 0. The summed E-state index contributed by atoms with van der Waals surface area (Å²) in [5.41, 5.74) is 0. The molecule has 0 rings (SSSR count). The van der Waals surface area contributed by atoms with E-state index in [9.17, 15) is 14.4 Å². The number of allylic oxidation sites excluding steroid dienone is 10. The zero-order valence-electron chi connectivity index (χ0n) is 55.7. The molecule has 0 aromatic heterocycles. The lowest BCUT2D eigenvalue weighted by atomic mass is 10.0. The first-order chi connectivity index (χ1) is 41.0. The van der Waals surface area contributed by atoms with Crippen molar-refractivity contribution in [2.75, 3.05) is 13.2 Å². The first-order valence-corrected chi connectivity index (χ1v) is 36.8. The van der Waals surface area contributed by atoms with Crippen LogP contribution in [0.1, 0.15) is 393 Å². The smallest absolute Gasteiger partial charge is 0.306 e. The first kappa shape index (κ1) is 80.1. The number of carbonyl (C=O) groups is 3. The summed E-state index contributed by atoms with van der Waals surface area (Å²) in [5, 5.41) is 0. The van der Waals surface area contributed by atoms with E-state index in [4.69, 9.17) is 14.2 Å². The normalized spacial score (nSPS) is 12.4. The molecule has 6 heteroatoms. The van der Waals surface area contributed by atoms with Crippen LogP contribution in [0.3, 0.4) is 0 Å². The Morgan fingerprint density at radius 3 is 0.735 bits per heavy atom. The van der Waals surface area contributed by atoms with Crippen LogP contribution >= 0.6 is 0 Å². The van der Waals surface area contributed by atoms with Crippen molar-refractivity contribution >= 4 is 17.9 Å². The van der Waals surface area contributed by atoms with Gasteiger partial charge in [0, 0.05) is 19.3 Å². The number of hydrogen-bond acceptors (Lipinski definition) is 6. The standard InChI is InChI=1S/C77H140O6/c1-4-7-10-13-16-19-22-25-28-30-32-34-36-37-38-39-41-42-44-46-49-52-55-58-61-64-67-70-76(79)82-73-74(72-81-75(78)69-66-63-60-57-54-51-48-27-24-21-18-15-12-9-6-3)83-77(80)71-68-65-62-59-56-53-50-47-45-43-40-35-33-31-29-26-23-20-17-14-11-8-5-2/h7,10,16,19,25,28,32,34,37-38,74H,4-6,8-9,11-15,17-18,20-24,26-27,29-31,33,35-36,39-73H2,1-3H3/b10-7-,19-16-,28-25-,34-32-,38-37-. The van der Waals surface area contributed by atoms with Crippen LogP contribution in [-0.4, -0.2) is 37.2 Å². The Balaban J connectivity index is 4.27. The summed E-state index contributed by atoms with van der Waals surface area (Å²) in [5.74, 6) is -0.841. The maximum Gasteiger partial charge on any atom is 0.306 e. The SMILES string of the molecule is CC/C=C\C/C=C\C/C=C\C/C=C\C/C=C\CCCCCCCCCCCCCC(=O)OCC(COC(=O)CCCCCCCCCCCCCCCCC)OC(=O)CCCCCCCCCCCCCCCCCCCCCCCCC. The van der Waals surface area contributed by atoms with Gasteiger partial charge in [-0.2, -0.15) is 0 Å². The second kappa shape index (κ2) is 71.6. The molecule has 484 valence electrons. The molecule has 83 heavy (non-hydrogen) atoms. The second-order valence-electron chi connectivity index (χ2n) is 24.8. The summed E-state index contributed by atoms with van der Waals surface area (Å²) in [6.07, 6.45) is 92.5. The van der Waals surface area contributed by atoms with Crippen LogP contribution in [0.15, 0.2) is 60.8 Å². The highest BCUT2D eigenvalue weighted by Crippen LogP contribution is 2.19. The van der Waals surface area contributed by atoms with E-state index in [0.717, 1.165) is 89.9 Å². The Morgan fingerprint density at radius 2 is 0.470 bits per heavy atom. The third kappa shape index (κ3) is 69.8. The molecule has 1 atom stereocenters. The number of unbranched alkanes of at least 4 members (excludes halogenated alkanes) is 47. The van der Waals surface area contributed by atoms with Crippen molar-refractivity contribution in [3.05, 3.63) is 60.8 Å². The Kier molecular flexibility index (Phi) is 69.1. The van der Waals surface area contributed by atoms with E-state index < -0.39 is 6.10 Å². The van der Waals surface area contributed by atoms with Gasteiger partial charge in [0.25, 0.3) is 0 Å². The fourth-order valence-corrected chi connectivity index (χ4v) is 11.1. The number of rotatable bonds is 68. The predicted molar refractivity (Wildman–Crippen MR) is 362 cm³/mol. The van der Waals surface area contributed by atoms with Crippen LogP contribution in [0.4, 0.5) is 0 Å². The number of carbonyl (C=O) groups excluding carboxylic acids is 3. The number of ether oxygens (including phenoxy) is 3. The van der Waals surface area contributed by atoms with E-state index in [2.05, 4.69) is 81.5 Å². The lowest BCUT2D eigenvalue weighted by Gasteiger charge is -2.18. The van der Waals surface area contributed by atoms with E-state index in [1.165, 1.54) is 263 Å². The minimum atomic E-state index is -0.773. The van der Waals surface area contributed by atoms with Gasteiger partial charge in [-0.05, 0) is 64.2 Å². The summed E-state index contributed by atoms with van der Waals surface area (Å²) in [6, 6.07) is 0. The van der Waals surface area contributed by atoms with Crippen LogP contribution in [0.25, 0.3) is 0 Å². The lowest BCUT2D eigenvalue weighted by Crippen LogP contribution is -2.30. The topological polar surface area (TPSA) is 78.9 Å². The molecule has 0 aromatic rings. The Labute approximate surface area is 517 Å². The van der Waals surface area contributed by atoms with Crippen LogP contribution in [0, 0.1) is 0 Å². The summed E-state index contributed by atoms with van der Waals surface area (Å²) >= 11 is 0. The van der Waals surface area contributed by atoms with Gasteiger partial charge < -0.3 is 14.2 Å². The molecule has 0 aliphatic carbocycles. The zero-order chi connectivity index (χ0) is 59.9. The summed E-state index contributed by atoms with van der Waals surface area (Å²) in [6.45, 7) is 6.60. The molecule has 0 amide bonds. The minimum absolute atomic E-state index is 0.0684. The molecule has 0 spiro atoms. The summed E-state index contributed by atoms with van der Waals surface area (Å²) in [4.78, 5) is 38.5. The van der Waals surface area contributed by atoms with E-state index in [1.54, 1.807) is 0 Å². The van der Waals surface area contributed by atoms with Gasteiger partial charge in [-0.15, -0.1) is 0 Å². The molecule has 0 aromatic carbocycles. The highest BCUT2D eigenvalue weighted by Gasteiger charge is 2.19. The molecular weight excluding hydrogens is 1020 g/mol. The van der Waals surface area contributed by atoms with Crippen molar-refractivity contribution in [3.8, 4) is 0 Å². The van der Waals surface area contributed by atoms with Gasteiger partial charge in [0.1, 0.15) is 13.2 Å². The van der Waals surface area contributed by atoms with Gasteiger partial charge in [0.15, 0.2) is 6.10 Å². The minimum Gasteiger partial charge on any atom is -0.462 e. The Bertz CT molecular complexity index is 1470. The van der Waals surface area contributed by atoms with E-state index >= 15 is 0 Å². The van der Waals surface area contributed by atoms with Crippen molar-refractivity contribution in [2.45, 2.75) is 399 Å². The summed E-state index contributed by atoms with van der Waals surface area (Å²) < 4.78 is 17.0. The van der Waals surface area contributed by atoms with Crippen LogP contribution in [0.2, 0.25) is 0 Å². The molecule has 0 N–H and O–H groups in total. The Morgan fingerprint density at radius 1 is 0.253 bits per heavy atom. The molecule has 0 fully saturated rings. The van der Waals surface area contributed by atoms with Gasteiger partial charge in [0.2, 0.25) is 0 Å². The fraction of sp³-hybridized carbons (Fsp3) is 0.831. The van der Waals surface area contributed by atoms with Gasteiger partial charge in [-0.3, -0.25) is 14.4 Å². The summed E-state index contributed by atoms with van der Waals surface area (Å²) in [7, 11) is 0.